The smallest absolute Gasteiger partial charge is 0.263 e. The average molecular weight is 376 g/mol. The van der Waals surface area contributed by atoms with E-state index in [2.05, 4.69) is 15.3 Å². The van der Waals surface area contributed by atoms with Crippen LogP contribution in [0.2, 0.25) is 0 Å². The number of aromatic amines is 1. The van der Waals surface area contributed by atoms with Crippen molar-refractivity contribution in [3.05, 3.63) is 58.4 Å². The number of amides is 1. The summed E-state index contributed by atoms with van der Waals surface area (Å²) < 4.78 is 12.6. The molecule has 0 fully saturated rings. The van der Waals surface area contributed by atoms with Gasteiger partial charge in [0.1, 0.15) is 5.56 Å². The summed E-state index contributed by atoms with van der Waals surface area (Å²) in [5.74, 6) is 0.862. The Morgan fingerprint density at radius 1 is 1.25 bits per heavy atom. The number of fused-ring (bicyclic) bond motifs is 3. The van der Waals surface area contributed by atoms with Gasteiger partial charge in [-0.15, -0.1) is 0 Å². The molecule has 2 aromatic carbocycles. The average Bonchev–Trinajstić information content (AvgIpc) is 3.32. The van der Waals surface area contributed by atoms with Gasteiger partial charge in [-0.05, 0) is 25.1 Å². The van der Waals surface area contributed by atoms with E-state index in [9.17, 15) is 9.59 Å². The number of rotatable bonds is 3. The number of anilines is 1. The SMILES string of the molecule is CCn1cc(C(=O)Nc2nc3ccccc3[nH]2)c(=O)c2cc3c(cc21)OCO3. The van der Waals surface area contributed by atoms with Crippen molar-refractivity contribution in [3.63, 3.8) is 0 Å². The number of nitrogens with one attached hydrogen (secondary N) is 2. The number of para-hydroxylation sites is 2. The number of H-pyrrole nitrogens is 1. The lowest BCUT2D eigenvalue weighted by molar-refractivity contribution is 0.102. The highest BCUT2D eigenvalue weighted by Gasteiger charge is 2.21. The van der Waals surface area contributed by atoms with E-state index >= 15 is 0 Å². The highest BCUT2D eigenvalue weighted by atomic mass is 16.7. The Morgan fingerprint density at radius 3 is 2.82 bits per heavy atom. The minimum atomic E-state index is -0.522. The highest BCUT2D eigenvalue weighted by molar-refractivity contribution is 6.05. The highest BCUT2D eigenvalue weighted by Crippen LogP contribution is 2.35. The summed E-state index contributed by atoms with van der Waals surface area (Å²) in [5, 5.41) is 3.09. The minimum Gasteiger partial charge on any atom is -0.454 e. The Labute approximate surface area is 158 Å². The molecule has 4 aromatic rings. The van der Waals surface area contributed by atoms with Crippen LogP contribution in [0.1, 0.15) is 17.3 Å². The molecule has 0 atom stereocenters. The zero-order chi connectivity index (χ0) is 19.3. The maximum Gasteiger partial charge on any atom is 0.263 e. The Hall–Kier alpha value is -3.81. The minimum absolute atomic E-state index is 0.0358. The number of nitrogens with zero attached hydrogens (tertiary/aromatic N) is 2. The number of carbonyl (C=O) groups is 1. The molecule has 0 aliphatic carbocycles. The van der Waals surface area contributed by atoms with Crippen molar-refractivity contribution >= 4 is 33.8 Å². The summed E-state index contributed by atoms with van der Waals surface area (Å²) in [6.07, 6.45) is 1.56. The molecule has 2 aromatic heterocycles. The van der Waals surface area contributed by atoms with Gasteiger partial charge in [0.2, 0.25) is 18.2 Å². The third-order valence-electron chi connectivity index (χ3n) is 4.78. The Kier molecular flexibility index (Phi) is 3.58. The third-order valence-corrected chi connectivity index (χ3v) is 4.78. The lowest BCUT2D eigenvalue weighted by Crippen LogP contribution is -2.24. The number of ether oxygens (including phenoxy) is 2. The Bertz CT molecular complexity index is 1270. The van der Waals surface area contributed by atoms with Crippen molar-refractivity contribution in [2.24, 2.45) is 0 Å². The summed E-state index contributed by atoms with van der Waals surface area (Å²) in [6, 6.07) is 10.8. The molecule has 0 bridgehead atoms. The standard InChI is InChI=1S/C20H16N4O4/c1-2-24-9-12(18(25)11-7-16-17(8-15(11)24)28-10-27-16)19(26)23-20-21-13-5-3-4-6-14(13)22-20/h3-9H,2,10H2,1H3,(H2,21,22,23,26). The number of aromatic nitrogens is 3. The number of hydrogen-bond donors (Lipinski definition) is 2. The van der Waals surface area contributed by atoms with E-state index in [-0.39, 0.29) is 17.8 Å². The van der Waals surface area contributed by atoms with E-state index in [4.69, 9.17) is 9.47 Å². The van der Waals surface area contributed by atoms with Gasteiger partial charge >= 0.3 is 0 Å². The zero-order valence-electron chi connectivity index (χ0n) is 15.0. The second kappa shape index (κ2) is 6.12. The zero-order valence-corrected chi connectivity index (χ0v) is 15.0. The van der Waals surface area contributed by atoms with Crippen LogP contribution in [0, 0.1) is 0 Å². The Balaban J connectivity index is 1.59. The molecule has 8 nitrogen and oxygen atoms in total. The number of hydrogen-bond acceptors (Lipinski definition) is 5. The number of imidazole rings is 1. The van der Waals surface area contributed by atoms with E-state index in [1.165, 1.54) is 0 Å². The predicted octanol–water partition coefficient (Wildman–Crippen LogP) is 2.88. The molecular formula is C20H16N4O4. The van der Waals surface area contributed by atoms with Gasteiger partial charge in [-0.25, -0.2) is 4.98 Å². The van der Waals surface area contributed by atoms with Crippen LogP contribution >= 0.6 is 0 Å². The quantitative estimate of drug-likeness (QED) is 0.573. The predicted molar refractivity (Wildman–Crippen MR) is 104 cm³/mol. The van der Waals surface area contributed by atoms with Crippen LogP contribution in [0.25, 0.3) is 21.9 Å². The monoisotopic (exact) mass is 376 g/mol. The summed E-state index contributed by atoms with van der Waals surface area (Å²) >= 11 is 0. The van der Waals surface area contributed by atoms with Gasteiger partial charge in [-0.1, -0.05) is 12.1 Å². The summed E-state index contributed by atoms with van der Waals surface area (Å²) in [4.78, 5) is 33.2. The molecule has 0 saturated carbocycles. The molecule has 0 unspecified atom stereocenters. The van der Waals surface area contributed by atoms with Crippen LogP contribution in [-0.2, 0) is 6.54 Å². The van der Waals surface area contributed by atoms with E-state index in [1.807, 2.05) is 35.8 Å². The first-order valence-corrected chi connectivity index (χ1v) is 8.87. The molecule has 8 heteroatoms. The largest absolute Gasteiger partial charge is 0.454 e. The molecule has 5 rings (SSSR count). The fraction of sp³-hybridized carbons (Fsp3) is 0.150. The number of carbonyl (C=O) groups excluding carboxylic acids is 1. The number of aryl methyl sites for hydroxylation is 1. The first kappa shape index (κ1) is 16.4. The molecule has 1 aliphatic heterocycles. The van der Waals surface area contributed by atoms with Crippen LogP contribution in [0.15, 0.2) is 47.4 Å². The fourth-order valence-electron chi connectivity index (χ4n) is 3.39. The van der Waals surface area contributed by atoms with Crippen molar-refractivity contribution in [3.8, 4) is 11.5 Å². The first-order chi connectivity index (χ1) is 13.6. The maximum atomic E-state index is 13.0. The van der Waals surface area contributed by atoms with Gasteiger partial charge < -0.3 is 19.0 Å². The van der Waals surface area contributed by atoms with Gasteiger partial charge in [0, 0.05) is 18.8 Å². The number of pyridine rings is 1. The van der Waals surface area contributed by atoms with Crippen LogP contribution in [-0.4, -0.2) is 27.2 Å². The summed E-state index contributed by atoms with van der Waals surface area (Å²) in [6.45, 7) is 2.64. The van der Waals surface area contributed by atoms with Gasteiger partial charge in [0.15, 0.2) is 11.5 Å². The maximum absolute atomic E-state index is 13.0. The number of benzene rings is 2. The van der Waals surface area contributed by atoms with E-state index < -0.39 is 5.91 Å². The molecule has 2 N–H and O–H groups in total. The second-order valence-electron chi connectivity index (χ2n) is 6.44. The normalized spacial score (nSPS) is 12.6. The lowest BCUT2D eigenvalue weighted by Gasteiger charge is -2.12. The van der Waals surface area contributed by atoms with Crippen LogP contribution < -0.4 is 20.2 Å². The first-order valence-electron chi connectivity index (χ1n) is 8.87. The lowest BCUT2D eigenvalue weighted by atomic mass is 10.1. The van der Waals surface area contributed by atoms with E-state index in [1.54, 1.807) is 18.3 Å². The molecule has 0 saturated heterocycles. The summed E-state index contributed by atoms with van der Waals surface area (Å²) in [7, 11) is 0. The molecule has 28 heavy (non-hydrogen) atoms. The van der Waals surface area contributed by atoms with Gasteiger partial charge in [0.25, 0.3) is 5.91 Å². The fourth-order valence-corrected chi connectivity index (χ4v) is 3.39. The van der Waals surface area contributed by atoms with Crippen molar-refractivity contribution in [1.82, 2.24) is 14.5 Å². The second-order valence-corrected chi connectivity index (χ2v) is 6.44. The van der Waals surface area contributed by atoms with E-state index in [0.29, 0.717) is 34.9 Å². The molecule has 1 aliphatic rings. The van der Waals surface area contributed by atoms with Crippen molar-refractivity contribution in [2.45, 2.75) is 13.5 Å². The van der Waals surface area contributed by atoms with Gasteiger partial charge in [-0.2, -0.15) is 0 Å². The Morgan fingerprint density at radius 2 is 2.04 bits per heavy atom. The molecule has 0 spiro atoms. The summed E-state index contributed by atoms with van der Waals surface area (Å²) in [5.41, 5.74) is 1.89. The molecular weight excluding hydrogens is 360 g/mol. The van der Waals surface area contributed by atoms with Gasteiger partial charge in [0.05, 0.1) is 21.9 Å². The molecule has 140 valence electrons. The molecule has 1 amide bonds. The van der Waals surface area contributed by atoms with Crippen LogP contribution in [0.5, 0.6) is 11.5 Å². The van der Waals surface area contributed by atoms with Crippen molar-refractivity contribution in [2.75, 3.05) is 12.1 Å². The van der Waals surface area contributed by atoms with Crippen LogP contribution in [0.3, 0.4) is 0 Å². The van der Waals surface area contributed by atoms with Crippen molar-refractivity contribution in [1.29, 1.82) is 0 Å². The van der Waals surface area contributed by atoms with Crippen LogP contribution in [0.4, 0.5) is 5.95 Å². The molecule has 3 heterocycles. The molecule has 0 radical (unpaired) electrons. The topological polar surface area (TPSA) is 98.2 Å². The van der Waals surface area contributed by atoms with Gasteiger partial charge in [-0.3, -0.25) is 14.9 Å². The van der Waals surface area contributed by atoms with E-state index in [0.717, 1.165) is 11.0 Å². The van der Waals surface area contributed by atoms with Crippen molar-refractivity contribution < 1.29 is 14.3 Å². The third kappa shape index (κ3) is 2.50.